The first-order chi connectivity index (χ1) is 13.1. The van der Waals surface area contributed by atoms with Crippen LogP contribution in [0, 0.1) is 0 Å². The first kappa shape index (κ1) is 16.9. The van der Waals surface area contributed by atoms with Gasteiger partial charge in [-0.05, 0) is 17.4 Å². The van der Waals surface area contributed by atoms with Gasteiger partial charge in [-0.1, -0.05) is 43.3 Å². The maximum Gasteiger partial charge on any atom is 0.290 e. The highest BCUT2D eigenvalue weighted by Gasteiger charge is 2.17. The van der Waals surface area contributed by atoms with Gasteiger partial charge in [0.15, 0.2) is 0 Å². The number of rotatable bonds is 5. The summed E-state index contributed by atoms with van der Waals surface area (Å²) in [5.41, 5.74) is 1.33. The first-order valence-corrected chi connectivity index (χ1v) is 8.53. The van der Waals surface area contributed by atoms with Crippen molar-refractivity contribution in [1.29, 1.82) is 0 Å². The summed E-state index contributed by atoms with van der Waals surface area (Å²) in [6.07, 6.45) is 1.69. The van der Waals surface area contributed by atoms with E-state index in [1.54, 1.807) is 12.3 Å². The second-order valence-corrected chi connectivity index (χ2v) is 6.34. The number of nitrogens with one attached hydrogen (secondary N) is 1. The van der Waals surface area contributed by atoms with E-state index < -0.39 is 5.91 Å². The SMILES string of the molecule is CC(C)c1cc(C(=O)NCc2nnc(-c3nccc4ccccc34)o2)on1. The van der Waals surface area contributed by atoms with Gasteiger partial charge in [0.1, 0.15) is 5.69 Å². The van der Waals surface area contributed by atoms with Gasteiger partial charge in [0, 0.05) is 17.6 Å². The zero-order chi connectivity index (χ0) is 18.8. The van der Waals surface area contributed by atoms with Crippen LogP contribution in [0.1, 0.15) is 41.9 Å². The number of pyridine rings is 1. The van der Waals surface area contributed by atoms with E-state index in [-0.39, 0.29) is 24.1 Å². The summed E-state index contributed by atoms with van der Waals surface area (Å²) in [5.74, 6) is 0.517. The topological polar surface area (TPSA) is 107 Å². The second-order valence-electron chi connectivity index (χ2n) is 6.34. The molecule has 0 saturated carbocycles. The Bertz CT molecular complexity index is 1090. The third-order valence-electron chi connectivity index (χ3n) is 4.09. The highest BCUT2D eigenvalue weighted by molar-refractivity contribution is 5.92. The number of hydrogen-bond acceptors (Lipinski definition) is 7. The predicted molar refractivity (Wildman–Crippen MR) is 96.8 cm³/mol. The average Bonchev–Trinajstić information content (AvgIpc) is 3.35. The molecule has 0 saturated heterocycles. The number of amides is 1. The lowest BCUT2D eigenvalue weighted by Crippen LogP contribution is -2.22. The molecule has 0 fully saturated rings. The molecule has 0 aliphatic heterocycles. The Hall–Kier alpha value is -3.55. The van der Waals surface area contributed by atoms with E-state index in [0.29, 0.717) is 11.6 Å². The lowest BCUT2D eigenvalue weighted by atomic mass is 10.1. The number of fused-ring (bicyclic) bond motifs is 1. The van der Waals surface area contributed by atoms with Gasteiger partial charge in [0.05, 0.1) is 12.2 Å². The summed E-state index contributed by atoms with van der Waals surface area (Å²) >= 11 is 0. The van der Waals surface area contributed by atoms with E-state index in [9.17, 15) is 4.79 Å². The largest absolute Gasteiger partial charge is 0.417 e. The van der Waals surface area contributed by atoms with Gasteiger partial charge >= 0.3 is 0 Å². The van der Waals surface area contributed by atoms with Crippen molar-refractivity contribution in [2.45, 2.75) is 26.3 Å². The Morgan fingerprint density at radius 3 is 2.85 bits per heavy atom. The van der Waals surface area contributed by atoms with Crippen molar-refractivity contribution in [2.24, 2.45) is 0 Å². The molecule has 27 heavy (non-hydrogen) atoms. The van der Waals surface area contributed by atoms with Crippen LogP contribution in [0.4, 0.5) is 0 Å². The summed E-state index contributed by atoms with van der Waals surface area (Å²) in [6.45, 7) is 4.02. The number of hydrogen-bond donors (Lipinski definition) is 1. The van der Waals surface area contributed by atoms with Crippen molar-refractivity contribution in [3.63, 3.8) is 0 Å². The zero-order valence-corrected chi connectivity index (χ0v) is 14.8. The number of carbonyl (C=O) groups is 1. The quantitative estimate of drug-likeness (QED) is 0.579. The normalized spacial score (nSPS) is 11.2. The minimum absolute atomic E-state index is 0.0777. The van der Waals surface area contributed by atoms with E-state index in [1.807, 2.05) is 44.2 Å². The number of aromatic nitrogens is 4. The molecule has 1 amide bonds. The molecule has 1 aromatic carbocycles. The number of nitrogens with zero attached hydrogens (tertiary/aromatic N) is 4. The van der Waals surface area contributed by atoms with Crippen LogP contribution in [0.25, 0.3) is 22.4 Å². The third kappa shape index (κ3) is 3.41. The second kappa shape index (κ2) is 6.99. The van der Waals surface area contributed by atoms with Crippen LogP contribution < -0.4 is 5.32 Å². The standard InChI is InChI=1S/C19H17N5O3/c1-11(2)14-9-15(27-24-14)18(25)21-10-16-22-23-19(26-16)17-13-6-4-3-5-12(13)7-8-20-17/h3-9,11H,10H2,1-2H3,(H,21,25). The van der Waals surface area contributed by atoms with Gasteiger partial charge in [-0.3, -0.25) is 9.78 Å². The summed E-state index contributed by atoms with van der Waals surface area (Å²) < 4.78 is 10.7. The van der Waals surface area contributed by atoms with Gasteiger partial charge in [-0.2, -0.15) is 0 Å². The van der Waals surface area contributed by atoms with Gasteiger partial charge in [0.2, 0.25) is 11.7 Å². The minimum atomic E-state index is -0.391. The Balaban J connectivity index is 1.49. The lowest BCUT2D eigenvalue weighted by molar-refractivity contribution is 0.0910. The molecule has 0 radical (unpaired) electrons. The Morgan fingerprint density at radius 2 is 2.04 bits per heavy atom. The number of benzene rings is 1. The molecule has 4 rings (SSSR count). The molecule has 8 nitrogen and oxygen atoms in total. The van der Waals surface area contributed by atoms with Crippen molar-refractivity contribution < 1.29 is 13.7 Å². The van der Waals surface area contributed by atoms with Crippen LogP contribution in [0.3, 0.4) is 0 Å². The molecule has 0 bridgehead atoms. The predicted octanol–water partition coefficient (Wildman–Crippen LogP) is 3.33. The molecule has 0 unspecified atom stereocenters. The lowest BCUT2D eigenvalue weighted by Gasteiger charge is -2.01. The van der Waals surface area contributed by atoms with Crippen molar-refractivity contribution in [1.82, 2.24) is 25.7 Å². The molecule has 4 aromatic rings. The summed E-state index contributed by atoms with van der Waals surface area (Å²) in [4.78, 5) is 16.5. The molecule has 136 valence electrons. The highest BCUT2D eigenvalue weighted by atomic mass is 16.5. The van der Waals surface area contributed by atoms with Crippen molar-refractivity contribution in [3.05, 3.63) is 59.9 Å². The zero-order valence-electron chi connectivity index (χ0n) is 14.8. The van der Waals surface area contributed by atoms with E-state index in [4.69, 9.17) is 8.94 Å². The van der Waals surface area contributed by atoms with Crippen molar-refractivity contribution in [3.8, 4) is 11.6 Å². The fourth-order valence-electron chi connectivity index (χ4n) is 2.62. The maximum atomic E-state index is 12.2. The smallest absolute Gasteiger partial charge is 0.290 e. The highest BCUT2D eigenvalue weighted by Crippen LogP contribution is 2.25. The van der Waals surface area contributed by atoms with Crippen molar-refractivity contribution in [2.75, 3.05) is 0 Å². The van der Waals surface area contributed by atoms with Gasteiger partial charge in [-0.25, -0.2) is 0 Å². The van der Waals surface area contributed by atoms with E-state index in [0.717, 1.165) is 16.5 Å². The van der Waals surface area contributed by atoms with Crippen molar-refractivity contribution >= 4 is 16.7 Å². The van der Waals surface area contributed by atoms with Crippen LogP contribution in [0.5, 0.6) is 0 Å². The Morgan fingerprint density at radius 1 is 1.19 bits per heavy atom. The molecule has 0 atom stereocenters. The molecule has 0 spiro atoms. The van der Waals surface area contributed by atoms with Gasteiger partial charge in [0.25, 0.3) is 11.8 Å². The van der Waals surface area contributed by atoms with Crippen LogP contribution in [0.2, 0.25) is 0 Å². The Labute approximate surface area is 154 Å². The third-order valence-corrected chi connectivity index (χ3v) is 4.09. The fourth-order valence-corrected chi connectivity index (χ4v) is 2.62. The number of carbonyl (C=O) groups excluding carboxylic acids is 1. The summed E-state index contributed by atoms with van der Waals surface area (Å²) in [7, 11) is 0. The maximum absolute atomic E-state index is 12.2. The molecule has 0 aliphatic carbocycles. The van der Waals surface area contributed by atoms with Gasteiger partial charge < -0.3 is 14.3 Å². The fraction of sp³-hybridized carbons (Fsp3) is 0.211. The average molecular weight is 363 g/mol. The molecule has 0 aliphatic rings. The summed E-state index contributed by atoms with van der Waals surface area (Å²) in [5, 5.41) is 16.5. The van der Waals surface area contributed by atoms with Gasteiger partial charge in [-0.15, -0.1) is 10.2 Å². The molecular weight excluding hydrogens is 346 g/mol. The first-order valence-electron chi connectivity index (χ1n) is 8.53. The summed E-state index contributed by atoms with van der Waals surface area (Å²) in [6, 6.07) is 11.3. The van der Waals surface area contributed by atoms with E-state index >= 15 is 0 Å². The minimum Gasteiger partial charge on any atom is -0.417 e. The molecular formula is C19H17N5O3. The molecule has 8 heteroatoms. The molecule has 3 aromatic heterocycles. The molecule has 3 heterocycles. The van der Waals surface area contributed by atoms with Crippen LogP contribution in [-0.2, 0) is 6.54 Å². The van der Waals surface area contributed by atoms with Crippen LogP contribution in [0.15, 0.2) is 51.5 Å². The molecule has 1 N–H and O–H groups in total. The Kier molecular flexibility index (Phi) is 4.37. The van der Waals surface area contributed by atoms with Crippen LogP contribution >= 0.6 is 0 Å². The van der Waals surface area contributed by atoms with E-state index in [1.165, 1.54) is 0 Å². The van der Waals surface area contributed by atoms with E-state index in [2.05, 4.69) is 25.7 Å². The van der Waals surface area contributed by atoms with Crippen LogP contribution in [-0.4, -0.2) is 26.2 Å². The monoisotopic (exact) mass is 363 g/mol.